The number of carboxylic acid groups (broad SMARTS) is 1. The number of nitrogens with one attached hydrogen (secondary N) is 1. The number of fused-ring (bicyclic) bond motifs is 2. The fourth-order valence-electron chi connectivity index (χ4n) is 4.61. The van der Waals surface area contributed by atoms with Gasteiger partial charge in [0.15, 0.2) is 5.75 Å². The van der Waals surface area contributed by atoms with Crippen LogP contribution < -0.4 is 15.9 Å². The minimum absolute atomic E-state index is 0.251. The average Bonchev–Trinajstić information content (AvgIpc) is 3.50. The SMILES string of the molecule is COc1c(-c2cc3c(s2)CCC(CN)C3)c(C2CC2)cc2c(=O)c(C(=O)O)c[nH]c12. The van der Waals surface area contributed by atoms with Crippen molar-refractivity contribution in [3.8, 4) is 16.2 Å². The van der Waals surface area contributed by atoms with Crippen molar-refractivity contribution in [2.75, 3.05) is 13.7 Å². The molecular formula is C23H24N2O4S. The predicted octanol–water partition coefficient (Wildman–Crippen LogP) is 3.90. The maximum Gasteiger partial charge on any atom is 0.341 e. The van der Waals surface area contributed by atoms with E-state index < -0.39 is 11.4 Å². The van der Waals surface area contributed by atoms with Crippen LogP contribution in [0.4, 0.5) is 0 Å². The number of aryl methyl sites for hydroxylation is 1. The Morgan fingerprint density at radius 1 is 1.33 bits per heavy atom. The van der Waals surface area contributed by atoms with Gasteiger partial charge in [0, 0.05) is 21.5 Å². The topological polar surface area (TPSA) is 105 Å². The Labute approximate surface area is 177 Å². The summed E-state index contributed by atoms with van der Waals surface area (Å²) in [5.74, 6) is 0.307. The van der Waals surface area contributed by atoms with E-state index in [1.165, 1.54) is 16.6 Å². The average molecular weight is 425 g/mol. The van der Waals surface area contributed by atoms with Gasteiger partial charge >= 0.3 is 5.97 Å². The lowest BCUT2D eigenvalue weighted by Crippen LogP contribution is -2.20. The molecule has 5 rings (SSSR count). The summed E-state index contributed by atoms with van der Waals surface area (Å²) in [7, 11) is 1.61. The number of carboxylic acids is 1. The van der Waals surface area contributed by atoms with Crippen molar-refractivity contribution in [1.29, 1.82) is 0 Å². The van der Waals surface area contributed by atoms with Gasteiger partial charge in [0.25, 0.3) is 0 Å². The molecule has 1 aromatic carbocycles. The number of H-pyrrole nitrogens is 1. The van der Waals surface area contributed by atoms with Crippen molar-refractivity contribution >= 4 is 28.2 Å². The number of aromatic amines is 1. The molecule has 0 spiro atoms. The number of carbonyl (C=O) groups is 1. The number of benzene rings is 1. The third kappa shape index (κ3) is 3.04. The molecule has 1 atom stereocenters. The molecule has 2 heterocycles. The molecule has 0 bridgehead atoms. The van der Waals surface area contributed by atoms with Crippen molar-refractivity contribution in [3.63, 3.8) is 0 Å². The van der Waals surface area contributed by atoms with Crippen molar-refractivity contribution < 1.29 is 14.6 Å². The fraction of sp³-hybridized carbons (Fsp3) is 0.391. The molecule has 2 aromatic heterocycles. The zero-order chi connectivity index (χ0) is 21.0. The summed E-state index contributed by atoms with van der Waals surface area (Å²) in [6.07, 6.45) is 6.59. The minimum Gasteiger partial charge on any atom is -0.494 e. The number of ether oxygens (including phenoxy) is 1. The molecule has 0 aliphatic heterocycles. The van der Waals surface area contributed by atoms with Crippen LogP contribution in [0.2, 0.25) is 0 Å². The summed E-state index contributed by atoms with van der Waals surface area (Å²) in [5.41, 5.74) is 9.24. The maximum atomic E-state index is 12.8. The summed E-state index contributed by atoms with van der Waals surface area (Å²) in [6, 6.07) is 4.15. The van der Waals surface area contributed by atoms with Crippen LogP contribution in [0, 0.1) is 5.92 Å². The molecular weight excluding hydrogens is 400 g/mol. The quantitative estimate of drug-likeness (QED) is 0.576. The van der Waals surface area contributed by atoms with E-state index in [4.69, 9.17) is 10.5 Å². The first-order valence-corrected chi connectivity index (χ1v) is 11.1. The second kappa shape index (κ2) is 7.25. The van der Waals surface area contributed by atoms with E-state index in [1.54, 1.807) is 18.4 Å². The molecule has 1 saturated carbocycles. The second-order valence-corrected chi connectivity index (χ2v) is 9.45. The van der Waals surface area contributed by atoms with E-state index in [0.717, 1.165) is 48.1 Å². The molecule has 2 aliphatic carbocycles. The predicted molar refractivity (Wildman–Crippen MR) is 118 cm³/mol. The van der Waals surface area contributed by atoms with Gasteiger partial charge < -0.3 is 20.6 Å². The standard InChI is InChI=1S/C23H24N2O4S/c1-29-22-19(18-7-13-6-11(9-24)2-5-17(13)30-18)14(12-3-4-12)8-15-20(22)25-10-16(21(15)26)23(27)28/h7-8,10-12H,2-6,9,24H2,1H3,(H,25,26)(H,27,28). The smallest absolute Gasteiger partial charge is 0.341 e. The van der Waals surface area contributed by atoms with E-state index in [1.807, 2.05) is 6.07 Å². The van der Waals surface area contributed by atoms with Crippen molar-refractivity contribution in [2.45, 2.75) is 38.0 Å². The monoisotopic (exact) mass is 424 g/mol. The highest BCUT2D eigenvalue weighted by atomic mass is 32.1. The highest BCUT2D eigenvalue weighted by Crippen LogP contribution is 2.51. The van der Waals surface area contributed by atoms with Crippen LogP contribution in [0.3, 0.4) is 0 Å². The zero-order valence-corrected chi connectivity index (χ0v) is 17.6. The number of thiophene rings is 1. The lowest BCUT2D eigenvalue weighted by atomic mass is 9.88. The Balaban J connectivity index is 1.75. The van der Waals surface area contributed by atoms with Crippen LogP contribution >= 0.6 is 11.3 Å². The van der Waals surface area contributed by atoms with E-state index in [2.05, 4.69) is 11.1 Å². The highest BCUT2D eigenvalue weighted by molar-refractivity contribution is 7.15. The molecule has 30 heavy (non-hydrogen) atoms. The van der Waals surface area contributed by atoms with Crippen LogP contribution in [-0.2, 0) is 12.8 Å². The molecule has 156 valence electrons. The molecule has 0 amide bonds. The van der Waals surface area contributed by atoms with Gasteiger partial charge in [-0.1, -0.05) is 0 Å². The van der Waals surface area contributed by atoms with E-state index >= 15 is 0 Å². The number of rotatable bonds is 5. The number of hydrogen-bond acceptors (Lipinski definition) is 5. The summed E-state index contributed by atoms with van der Waals surface area (Å²) in [5, 5.41) is 9.73. The fourth-order valence-corrected chi connectivity index (χ4v) is 5.89. The van der Waals surface area contributed by atoms with Gasteiger partial charge in [-0.05, 0) is 73.7 Å². The summed E-state index contributed by atoms with van der Waals surface area (Å²) >= 11 is 1.80. The number of methoxy groups -OCH3 is 1. The molecule has 1 fully saturated rings. The number of hydrogen-bond donors (Lipinski definition) is 3. The van der Waals surface area contributed by atoms with Crippen molar-refractivity contribution in [3.05, 3.63) is 50.1 Å². The van der Waals surface area contributed by atoms with E-state index in [0.29, 0.717) is 35.0 Å². The number of aromatic nitrogens is 1. The number of pyridine rings is 1. The first-order valence-electron chi connectivity index (χ1n) is 10.3. The van der Waals surface area contributed by atoms with Crippen LogP contribution in [0.15, 0.2) is 23.1 Å². The Kier molecular flexibility index (Phi) is 4.67. The molecule has 7 heteroatoms. The van der Waals surface area contributed by atoms with Gasteiger partial charge in [0.1, 0.15) is 5.56 Å². The minimum atomic E-state index is -1.23. The molecule has 2 aliphatic rings. The van der Waals surface area contributed by atoms with Crippen LogP contribution in [-0.4, -0.2) is 29.7 Å². The normalized spacial score (nSPS) is 18.4. The van der Waals surface area contributed by atoms with Crippen LogP contribution in [0.25, 0.3) is 21.3 Å². The zero-order valence-electron chi connectivity index (χ0n) is 16.8. The third-order valence-corrected chi connectivity index (χ3v) is 7.63. The van der Waals surface area contributed by atoms with Gasteiger partial charge in [0.2, 0.25) is 5.43 Å². The largest absolute Gasteiger partial charge is 0.494 e. The van der Waals surface area contributed by atoms with Gasteiger partial charge in [-0.3, -0.25) is 4.79 Å². The van der Waals surface area contributed by atoms with E-state index in [9.17, 15) is 14.7 Å². The summed E-state index contributed by atoms with van der Waals surface area (Å²) < 4.78 is 5.83. The van der Waals surface area contributed by atoms with Gasteiger partial charge in [-0.2, -0.15) is 0 Å². The lowest BCUT2D eigenvalue weighted by molar-refractivity contribution is 0.0695. The van der Waals surface area contributed by atoms with Gasteiger partial charge in [0.05, 0.1) is 18.0 Å². The molecule has 0 saturated heterocycles. The Hall–Kier alpha value is -2.64. The highest BCUT2D eigenvalue weighted by Gasteiger charge is 2.32. The van der Waals surface area contributed by atoms with E-state index in [-0.39, 0.29) is 5.56 Å². The van der Waals surface area contributed by atoms with Gasteiger partial charge in [-0.15, -0.1) is 11.3 Å². The molecule has 4 N–H and O–H groups in total. The second-order valence-electron chi connectivity index (χ2n) is 8.31. The third-order valence-electron chi connectivity index (χ3n) is 6.38. The first-order chi connectivity index (χ1) is 14.5. The molecule has 6 nitrogen and oxygen atoms in total. The Bertz CT molecular complexity index is 1220. The number of aromatic carboxylic acids is 1. The maximum absolute atomic E-state index is 12.8. The van der Waals surface area contributed by atoms with Crippen molar-refractivity contribution in [2.24, 2.45) is 11.7 Å². The summed E-state index contributed by atoms with van der Waals surface area (Å²) in [4.78, 5) is 29.9. The lowest BCUT2D eigenvalue weighted by Gasteiger charge is -2.19. The van der Waals surface area contributed by atoms with Crippen LogP contribution in [0.5, 0.6) is 5.75 Å². The number of nitrogens with two attached hydrogens (primary N) is 1. The molecule has 0 radical (unpaired) electrons. The molecule has 3 aromatic rings. The van der Waals surface area contributed by atoms with Gasteiger partial charge in [-0.25, -0.2) is 4.79 Å². The Morgan fingerprint density at radius 2 is 2.13 bits per heavy atom. The molecule has 1 unspecified atom stereocenters. The van der Waals surface area contributed by atoms with Crippen molar-refractivity contribution in [1.82, 2.24) is 4.98 Å². The summed E-state index contributed by atoms with van der Waals surface area (Å²) in [6.45, 7) is 0.713. The first kappa shape index (κ1) is 19.3. The van der Waals surface area contributed by atoms with Crippen LogP contribution in [0.1, 0.15) is 51.5 Å². The Morgan fingerprint density at radius 3 is 2.80 bits per heavy atom.